The summed E-state index contributed by atoms with van der Waals surface area (Å²) in [5, 5.41) is 0.627. The number of aryl methyl sites for hydroxylation is 2. The molecule has 27 heavy (non-hydrogen) atoms. The highest BCUT2D eigenvalue weighted by Crippen LogP contribution is 2.44. The van der Waals surface area contributed by atoms with Gasteiger partial charge in [0, 0.05) is 35.1 Å². The quantitative estimate of drug-likeness (QED) is 0.692. The molecule has 0 N–H and O–H groups in total. The maximum absolute atomic E-state index is 13.3. The summed E-state index contributed by atoms with van der Waals surface area (Å²) in [6.07, 6.45) is 2.37. The Kier molecular flexibility index (Phi) is 4.65. The number of ketones is 1. The third-order valence-electron chi connectivity index (χ3n) is 5.59. The molecule has 4 heteroatoms. The zero-order chi connectivity index (χ0) is 19.1. The SMILES string of the molecule is Cc1cccc(C)c1N1C(=O)CC(c2cccc(Cl)c2)C2=C1CCCC2=O. The molecule has 0 saturated carbocycles. The lowest BCUT2D eigenvalue weighted by molar-refractivity contribution is -0.119. The third-order valence-corrected chi connectivity index (χ3v) is 5.82. The molecule has 1 heterocycles. The normalized spacial score (nSPS) is 20.1. The summed E-state index contributed by atoms with van der Waals surface area (Å²) in [7, 11) is 0. The van der Waals surface area contributed by atoms with Crippen molar-refractivity contribution in [2.75, 3.05) is 4.90 Å². The molecule has 1 aliphatic carbocycles. The van der Waals surface area contributed by atoms with Gasteiger partial charge >= 0.3 is 0 Å². The first kappa shape index (κ1) is 18.0. The van der Waals surface area contributed by atoms with Crippen molar-refractivity contribution < 1.29 is 9.59 Å². The van der Waals surface area contributed by atoms with Gasteiger partial charge in [-0.15, -0.1) is 0 Å². The number of para-hydroxylation sites is 1. The van der Waals surface area contributed by atoms with Crippen molar-refractivity contribution in [2.24, 2.45) is 0 Å². The standard InChI is InChI=1S/C23H22ClNO2/c1-14-6-3-7-15(2)23(14)25-19-10-5-11-20(26)22(19)18(13-21(25)27)16-8-4-9-17(24)12-16/h3-4,6-9,12,18H,5,10-11,13H2,1-2H3. The number of amides is 1. The molecule has 0 fully saturated rings. The Labute approximate surface area is 164 Å². The summed E-state index contributed by atoms with van der Waals surface area (Å²) >= 11 is 6.18. The van der Waals surface area contributed by atoms with Crippen molar-refractivity contribution in [3.63, 3.8) is 0 Å². The number of carbonyl (C=O) groups is 2. The molecule has 4 rings (SSSR count). The zero-order valence-corrected chi connectivity index (χ0v) is 16.3. The lowest BCUT2D eigenvalue weighted by atomic mass is 9.77. The van der Waals surface area contributed by atoms with Crippen LogP contribution in [0.4, 0.5) is 5.69 Å². The van der Waals surface area contributed by atoms with E-state index in [1.165, 1.54) is 0 Å². The Bertz CT molecular complexity index is 956. The van der Waals surface area contributed by atoms with Crippen LogP contribution >= 0.6 is 11.6 Å². The topological polar surface area (TPSA) is 37.4 Å². The molecule has 3 nitrogen and oxygen atoms in total. The average Bonchev–Trinajstić information content (AvgIpc) is 2.63. The number of rotatable bonds is 2. The van der Waals surface area contributed by atoms with E-state index in [0.29, 0.717) is 17.9 Å². The van der Waals surface area contributed by atoms with Crippen LogP contribution in [0.15, 0.2) is 53.7 Å². The van der Waals surface area contributed by atoms with Crippen LogP contribution in [0.2, 0.25) is 5.02 Å². The second kappa shape index (κ2) is 6.97. The van der Waals surface area contributed by atoms with Gasteiger partial charge in [-0.1, -0.05) is 41.9 Å². The van der Waals surface area contributed by atoms with E-state index in [0.717, 1.165) is 46.5 Å². The first-order valence-electron chi connectivity index (χ1n) is 9.38. The predicted molar refractivity (Wildman–Crippen MR) is 108 cm³/mol. The zero-order valence-electron chi connectivity index (χ0n) is 15.6. The van der Waals surface area contributed by atoms with Gasteiger partial charge in [0.1, 0.15) is 0 Å². The van der Waals surface area contributed by atoms with Crippen molar-refractivity contribution in [1.82, 2.24) is 0 Å². The lowest BCUT2D eigenvalue weighted by Crippen LogP contribution is -2.41. The van der Waals surface area contributed by atoms with E-state index in [2.05, 4.69) is 0 Å². The van der Waals surface area contributed by atoms with Gasteiger partial charge in [-0.2, -0.15) is 0 Å². The monoisotopic (exact) mass is 379 g/mol. The minimum atomic E-state index is -0.209. The number of Topliss-reactive ketones (excluding diaryl/α,β-unsaturated/α-hetero) is 1. The molecule has 1 aliphatic heterocycles. The fourth-order valence-corrected chi connectivity index (χ4v) is 4.62. The average molecular weight is 380 g/mol. The molecular formula is C23H22ClNO2. The summed E-state index contributed by atoms with van der Waals surface area (Å²) in [5.74, 6) is -0.00429. The first-order chi connectivity index (χ1) is 13.0. The van der Waals surface area contributed by atoms with E-state index >= 15 is 0 Å². The van der Waals surface area contributed by atoms with E-state index in [4.69, 9.17) is 11.6 Å². The van der Waals surface area contributed by atoms with Crippen molar-refractivity contribution in [3.05, 3.63) is 75.4 Å². The van der Waals surface area contributed by atoms with E-state index in [9.17, 15) is 9.59 Å². The second-order valence-electron chi connectivity index (χ2n) is 7.42. The summed E-state index contributed by atoms with van der Waals surface area (Å²) in [6, 6.07) is 13.6. The van der Waals surface area contributed by atoms with Crippen molar-refractivity contribution in [2.45, 2.75) is 45.4 Å². The van der Waals surface area contributed by atoms with Crippen LogP contribution in [-0.4, -0.2) is 11.7 Å². The number of nitrogens with zero attached hydrogens (tertiary/aromatic N) is 1. The Balaban J connectivity index is 1.91. The highest BCUT2D eigenvalue weighted by molar-refractivity contribution is 6.30. The minimum Gasteiger partial charge on any atom is -0.294 e. The number of anilines is 1. The highest BCUT2D eigenvalue weighted by atomic mass is 35.5. The molecule has 0 saturated heterocycles. The number of hydrogen-bond donors (Lipinski definition) is 0. The molecule has 0 radical (unpaired) electrons. The van der Waals surface area contributed by atoms with Gasteiger partial charge in [-0.05, 0) is 55.5 Å². The Morgan fingerprint density at radius 1 is 1.00 bits per heavy atom. The molecule has 1 amide bonds. The van der Waals surface area contributed by atoms with Crippen molar-refractivity contribution in [1.29, 1.82) is 0 Å². The molecule has 1 atom stereocenters. The van der Waals surface area contributed by atoms with Gasteiger partial charge < -0.3 is 0 Å². The molecule has 1 unspecified atom stereocenters. The summed E-state index contributed by atoms with van der Waals surface area (Å²) in [5.41, 5.74) is 5.65. The first-order valence-corrected chi connectivity index (χ1v) is 9.76. The van der Waals surface area contributed by atoms with Crippen LogP contribution in [0.1, 0.15) is 48.3 Å². The maximum Gasteiger partial charge on any atom is 0.232 e. The van der Waals surface area contributed by atoms with Gasteiger partial charge in [0.05, 0.1) is 5.69 Å². The van der Waals surface area contributed by atoms with Crippen LogP contribution in [0.25, 0.3) is 0 Å². The molecule has 138 valence electrons. The van der Waals surface area contributed by atoms with E-state index in [-0.39, 0.29) is 17.6 Å². The van der Waals surface area contributed by atoms with Crippen molar-refractivity contribution >= 4 is 29.0 Å². The van der Waals surface area contributed by atoms with Crippen LogP contribution in [0.3, 0.4) is 0 Å². The highest BCUT2D eigenvalue weighted by Gasteiger charge is 2.40. The molecular weight excluding hydrogens is 358 g/mol. The molecule has 0 bridgehead atoms. The van der Waals surface area contributed by atoms with Crippen LogP contribution in [-0.2, 0) is 9.59 Å². The Morgan fingerprint density at radius 3 is 2.41 bits per heavy atom. The number of allylic oxidation sites excluding steroid dienone is 2. The number of carbonyl (C=O) groups excluding carboxylic acids is 2. The fourth-order valence-electron chi connectivity index (χ4n) is 4.42. The summed E-state index contributed by atoms with van der Waals surface area (Å²) < 4.78 is 0. The fraction of sp³-hybridized carbons (Fsp3) is 0.304. The van der Waals surface area contributed by atoms with Gasteiger partial charge in [0.2, 0.25) is 5.91 Å². The van der Waals surface area contributed by atoms with Gasteiger partial charge in [0.15, 0.2) is 5.78 Å². The van der Waals surface area contributed by atoms with Crippen molar-refractivity contribution in [3.8, 4) is 0 Å². The number of hydrogen-bond acceptors (Lipinski definition) is 2. The minimum absolute atomic E-state index is 0.0471. The smallest absolute Gasteiger partial charge is 0.232 e. The van der Waals surface area contributed by atoms with Crippen LogP contribution < -0.4 is 4.90 Å². The van der Waals surface area contributed by atoms with E-state index in [1.54, 1.807) is 0 Å². The van der Waals surface area contributed by atoms with Crippen LogP contribution in [0, 0.1) is 13.8 Å². The van der Waals surface area contributed by atoms with Gasteiger partial charge in [-0.3, -0.25) is 14.5 Å². The summed E-state index contributed by atoms with van der Waals surface area (Å²) in [6.45, 7) is 4.03. The second-order valence-corrected chi connectivity index (χ2v) is 7.85. The molecule has 2 aliphatic rings. The largest absolute Gasteiger partial charge is 0.294 e. The Morgan fingerprint density at radius 2 is 1.70 bits per heavy atom. The van der Waals surface area contributed by atoms with Gasteiger partial charge in [-0.25, -0.2) is 0 Å². The molecule has 2 aromatic carbocycles. The third kappa shape index (κ3) is 3.10. The molecule has 0 spiro atoms. The van der Waals surface area contributed by atoms with E-state index in [1.807, 2.05) is 61.2 Å². The molecule has 0 aromatic heterocycles. The number of halogens is 1. The number of benzene rings is 2. The summed E-state index contributed by atoms with van der Waals surface area (Å²) in [4.78, 5) is 28.0. The van der Waals surface area contributed by atoms with E-state index < -0.39 is 0 Å². The predicted octanol–water partition coefficient (Wildman–Crippen LogP) is 5.48. The maximum atomic E-state index is 13.3. The molecule has 2 aromatic rings. The van der Waals surface area contributed by atoms with Crippen LogP contribution in [0.5, 0.6) is 0 Å². The Hall–Kier alpha value is -2.39. The van der Waals surface area contributed by atoms with Gasteiger partial charge in [0.25, 0.3) is 0 Å². The lowest BCUT2D eigenvalue weighted by Gasteiger charge is -2.39.